The first-order valence-electron chi connectivity index (χ1n) is 7.39. The van der Waals surface area contributed by atoms with Crippen LogP contribution in [-0.4, -0.2) is 24.4 Å². The van der Waals surface area contributed by atoms with Crippen molar-refractivity contribution in [1.82, 2.24) is 10.3 Å². The summed E-state index contributed by atoms with van der Waals surface area (Å²) in [6, 6.07) is 6.81. The van der Waals surface area contributed by atoms with Crippen molar-refractivity contribution in [2.45, 2.75) is 32.2 Å². The third kappa shape index (κ3) is 2.76. The number of nitrogens with one attached hydrogen (secondary N) is 1. The summed E-state index contributed by atoms with van der Waals surface area (Å²) in [5.74, 6) is 1.64. The van der Waals surface area contributed by atoms with Crippen LogP contribution in [0.4, 0.5) is 0 Å². The molecule has 0 saturated heterocycles. The Hall–Kier alpha value is -1.59. The van der Waals surface area contributed by atoms with Gasteiger partial charge in [0.05, 0.1) is 10.7 Å². The molecule has 1 aliphatic heterocycles. The van der Waals surface area contributed by atoms with Crippen LogP contribution in [0, 0.1) is 6.92 Å². The van der Waals surface area contributed by atoms with Crippen molar-refractivity contribution in [3.8, 4) is 22.8 Å². The second kappa shape index (κ2) is 5.31. The fraction of sp³-hybridized carbons (Fsp3) is 0.438. The number of rotatable bonds is 5. The maximum Gasteiger partial charge on any atom is 0.231 e. The molecule has 1 aromatic heterocycles. The Morgan fingerprint density at radius 2 is 2.14 bits per heavy atom. The monoisotopic (exact) mass is 302 g/mol. The van der Waals surface area contributed by atoms with E-state index in [-0.39, 0.29) is 0 Å². The van der Waals surface area contributed by atoms with Gasteiger partial charge in [-0.1, -0.05) is 0 Å². The second-order valence-corrected chi connectivity index (χ2v) is 6.85. The van der Waals surface area contributed by atoms with Gasteiger partial charge in [0.15, 0.2) is 11.5 Å². The minimum atomic E-state index is 0.312. The minimum Gasteiger partial charge on any atom is -0.454 e. The number of ether oxygens (including phenoxy) is 2. The van der Waals surface area contributed by atoms with Gasteiger partial charge in [-0.05, 0) is 38.0 Å². The van der Waals surface area contributed by atoms with E-state index >= 15 is 0 Å². The van der Waals surface area contributed by atoms with Crippen molar-refractivity contribution in [3.63, 3.8) is 0 Å². The van der Waals surface area contributed by atoms with Crippen molar-refractivity contribution < 1.29 is 9.47 Å². The molecule has 0 unspecified atom stereocenters. The van der Waals surface area contributed by atoms with Crippen LogP contribution in [0.15, 0.2) is 18.2 Å². The van der Waals surface area contributed by atoms with E-state index in [4.69, 9.17) is 14.5 Å². The van der Waals surface area contributed by atoms with E-state index in [1.165, 1.54) is 22.7 Å². The second-order valence-electron chi connectivity index (χ2n) is 5.56. The predicted molar refractivity (Wildman–Crippen MR) is 83.1 cm³/mol. The highest BCUT2D eigenvalue weighted by Gasteiger charge is 2.20. The average molecular weight is 302 g/mol. The van der Waals surface area contributed by atoms with Crippen LogP contribution in [-0.2, 0) is 6.42 Å². The van der Waals surface area contributed by atoms with Crippen LogP contribution in [0.5, 0.6) is 11.5 Å². The van der Waals surface area contributed by atoms with Crippen LogP contribution < -0.4 is 14.8 Å². The number of fused-ring (bicyclic) bond motifs is 1. The lowest BCUT2D eigenvalue weighted by molar-refractivity contribution is 0.174. The normalized spacial score (nSPS) is 16.4. The third-order valence-corrected chi connectivity index (χ3v) is 4.87. The van der Waals surface area contributed by atoms with Crippen molar-refractivity contribution in [1.29, 1.82) is 0 Å². The summed E-state index contributed by atoms with van der Waals surface area (Å²) in [5, 5.41) is 4.74. The molecule has 1 fully saturated rings. The van der Waals surface area contributed by atoms with E-state index in [1.807, 2.05) is 12.1 Å². The fourth-order valence-corrected chi connectivity index (χ4v) is 3.50. The molecular weight excluding hydrogens is 284 g/mol. The Balaban J connectivity index is 1.52. The highest BCUT2D eigenvalue weighted by atomic mass is 32.1. The summed E-state index contributed by atoms with van der Waals surface area (Å²) >= 11 is 1.79. The molecule has 1 aromatic carbocycles. The molecule has 4 rings (SSSR count). The van der Waals surface area contributed by atoms with Gasteiger partial charge >= 0.3 is 0 Å². The number of hydrogen-bond donors (Lipinski definition) is 1. The molecule has 110 valence electrons. The highest BCUT2D eigenvalue weighted by molar-refractivity contribution is 7.12. The summed E-state index contributed by atoms with van der Waals surface area (Å²) in [5.41, 5.74) is 2.18. The molecule has 2 aromatic rings. The number of thiazole rings is 1. The summed E-state index contributed by atoms with van der Waals surface area (Å²) in [6.45, 7) is 3.47. The van der Waals surface area contributed by atoms with Crippen LogP contribution >= 0.6 is 11.3 Å². The molecule has 1 saturated carbocycles. The minimum absolute atomic E-state index is 0.312. The maximum absolute atomic E-state index is 5.45. The van der Waals surface area contributed by atoms with Gasteiger partial charge in [-0.2, -0.15) is 0 Å². The maximum atomic E-state index is 5.45. The molecule has 1 N–H and O–H groups in total. The van der Waals surface area contributed by atoms with E-state index < -0.39 is 0 Å². The Morgan fingerprint density at radius 1 is 1.29 bits per heavy atom. The lowest BCUT2D eigenvalue weighted by Crippen LogP contribution is -2.19. The van der Waals surface area contributed by atoms with Crippen LogP contribution in [0.3, 0.4) is 0 Å². The van der Waals surface area contributed by atoms with E-state index in [2.05, 4.69) is 18.3 Å². The Morgan fingerprint density at radius 3 is 3.00 bits per heavy atom. The zero-order chi connectivity index (χ0) is 14.2. The molecule has 2 heterocycles. The summed E-state index contributed by atoms with van der Waals surface area (Å²) in [4.78, 5) is 6.06. The molecule has 0 spiro atoms. The molecule has 0 bridgehead atoms. The molecule has 0 radical (unpaired) electrons. The molecule has 5 heteroatoms. The first-order valence-corrected chi connectivity index (χ1v) is 8.21. The number of benzene rings is 1. The van der Waals surface area contributed by atoms with Crippen molar-refractivity contribution in [2.75, 3.05) is 13.3 Å². The first kappa shape index (κ1) is 13.1. The molecular formula is C16H18N2O2S. The van der Waals surface area contributed by atoms with Crippen molar-refractivity contribution in [3.05, 3.63) is 28.1 Å². The molecule has 0 amide bonds. The van der Waals surface area contributed by atoms with Gasteiger partial charge in [0, 0.05) is 29.4 Å². The third-order valence-electron chi connectivity index (χ3n) is 3.84. The molecule has 2 aliphatic rings. The SMILES string of the molecule is Cc1sc(CCNC2CC2)nc1-c1ccc2c(c1)OCO2. The number of aromatic nitrogens is 1. The van der Waals surface area contributed by atoms with E-state index in [9.17, 15) is 0 Å². The van der Waals surface area contributed by atoms with E-state index in [0.717, 1.165) is 41.8 Å². The summed E-state index contributed by atoms with van der Waals surface area (Å²) in [6.07, 6.45) is 3.67. The largest absolute Gasteiger partial charge is 0.454 e. The summed E-state index contributed by atoms with van der Waals surface area (Å²) < 4.78 is 10.8. The molecule has 21 heavy (non-hydrogen) atoms. The Labute approximate surface area is 128 Å². The van der Waals surface area contributed by atoms with E-state index in [0.29, 0.717) is 6.79 Å². The molecule has 0 atom stereocenters. The molecule has 4 nitrogen and oxygen atoms in total. The highest BCUT2D eigenvalue weighted by Crippen LogP contribution is 2.37. The quantitative estimate of drug-likeness (QED) is 0.921. The average Bonchev–Trinajstić information content (AvgIpc) is 3.05. The Bertz CT molecular complexity index is 664. The topological polar surface area (TPSA) is 43.4 Å². The smallest absolute Gasteiger partial charge is 0.231 e. The number of hydrogen-bond acceptors (Lipinski definition) is 5. The van der Waals surface area contributed by atoms with Crippen molar-refractivity contribution >= 4 is 11.3 Å². The lowest BCUT2D eigenvalue weighted by Gasteiger charge is -2.01. The molecule has 1 aliphatic carbocycles. The lowest BCUT2D eigenvalue weighted by atomic mass is 10.1. The van der Waals surface area contributed by atoms with Gasteiger partial charge in [0.25, 0.3) is 0 Å². The van der Waals surface area contributed by atoms with Crippen molar-refractivity contribution in [2.24, 2.45) is 0 Å². The van der Waals surface area contributed by atoms with Gasteiger partial charge < -0.3 is 14.8 Å². The Kier molecular flexibility index (Phi) is 3.31. The van der Waals surface area contributed by atoms with Crippen LogP contribution in [0.2, 0.25) is 0 Å². The predicted octanol–water partition coefficient (Wildman–Crippen LogP) is 3.14. The first-order chi connectivity index (χ1) is 10.3. The van der Waals surface area contributed by atoms with E-state index in [1.54, 1.807) is 11.3 Å². The van der Waals surface area contributed by atoms with Gasteiger partial charge in [0.1, 0.15) is 0 Å². The van der Waals surface area contributed by atoms with Gasteiger partial charge in [-0.15, -0.1) is 11.3 Å². The number of aryl methyl sites for hydroxylation is 1. The van der Waals surface area contributed by atoms with Gasteiger partial charge in [-0.25, -0.2) is 4.98 Å². The van der Waals surface area contributed by atoms with Crippen LogP contribution in [0.1, 0.15) is 22.7 Å². The zero-order valence-corrected chi connectivity index (χ0v) is 12.8. The summed E-state index contributed by atoms with van der Waals surface area (Å²) in [7, 11) is 0. The van der Waals surface area contributed by atoms with Crippen LogP contribution in [0.25, 0.3) is 11.3 Å². The fourth-order valence-electron chi connectivity index (χ4n) is 2.54. The zero-order valence-electron chi connectivity index (χ0n) is 12.0. The van der Waals surface area contributed by atoms with Gasteiger partial charge in [-0.3, -0.25) is 0 Å². The van der Waals surface area contributed by atoms with Gasteiger partial charge in [0.2, 0.25) is 6.79 Å². The number of nitrogens with zero attached hydrogens (tertiary/aromatic N) is 1. The standard InChI is InChI=1S/C16H18N2O2S/c1-10-16(11-2-5-13-14(8-11)20-9-19-13)18-15(21-10)6-7-17-12-3-4-12/h2,5,8,12,17H,3-4,6-7,9H2,1H3.